The molecule has 24 heavy (non-hydrogen) atoms. The summed E-state index contributed by atoms with van der Waals surface area (Å²) in [6.07, 6.45) is 1.70. The summed E-state index contributed by atoms with van der Waals surface area (Å²) in [5, 5.41) is 14.8. The molecule has 0 fully saturated rings. The van der Waals surface area contributed by atoms with Gasteiger partial charge in [-0.05, 0) is 55.2 Å². The predicted octanol–water partition coefficient (Wildman–Crippen LogP) is 5.44. The molecule has 0 atom stereocenters. The molecule has 0 amide bonds. The third kappa shape index (κ3) is 4.04. The number of anilines is 1. The average Bonchev–Trinajstić information content (AvgIpc) is 2.50. The van der Waals surface area contributed by atoms with Gasteiger partial charge in [0.2, 0.25) is 0 Å². The number of hydrogen-bond acceptors (Lipinski definition) is 4. The van der Waals surface area contributed by atoms with Crippen molar-refractivity contribution in [3.8, 4) is 0 Å². The van der Waals surface area contributed by atoms with E-state index in [-0.39, 0.29) is 5.69 Å². The Balaban J connectivity index is 2.23. The quantitative estimate of drug-likeness (QED) is 0.331. The molecule has 126 valence electrons. The number of nitro groups is 1. The molecule has 0 aliphatic carbocycles. The highest BCUT2D eigenvalue weighted by molar-refractivity contribution is 6.44. The van der Waals surface area contributed by atoms with Crippen molar-refractivity contribution in [2.45, 2.75) is 25.6 Å². The van der Waals surface area contributed by atoms with Gasteiger partial charge < -0.3 is 0 Å². The first-order chi connectivity index (χ1) is 11.3. The van der Waals surface area contributed by atoms with E-state index in [2.05, 4.69) is 10.5 Å². The Labute approximate surface area is 150 Å². The number of nitrogens with one attached hydrogen (secondary N) is 1. The van der Waals surface area contributed by atoms with E-state index >= 15 is 0 Å². The number of aryl methyl sites for hydroxylation is 2. The van der Waals surface area contributed by atoms with Gasteiger partial charge in [0.1, 0.15) is 4.84 Å². The third-order valence-corrected chi connectivity index (χ3v) is 4.21. The van der Waals surface area contributed by atoms with E-state index in [4.69, 9.17) is 23.2 Å². The van der Waals surface area contributed by atoms with E-state index in [1.807, 2.05) is 26.8 Å². The molecule has 0 unspecified atom stereocenters. The molecule has 0 saturated heterocycles. The van der Waals surface area contributed by atoms with Crippen LogP contribution >= 0.6 is 23.2 Å². The van der Waals surface area contributed by atoms with E-state index in [1.54, 1.807) is 18.3 Å². The summed E-state index contributed by atoms with van der Waals surface area (Å²) in [6, 6.07) is 8.06. The molecule has 2 rings (SSSR count). The number of halogens is 2. The van der Waals surface area contributed by atoms with E-state index in [0.717, 1.165) is 27.8 Å². The second-order valence-corrected chi connectivity index (χ2v) is 6.53. The zero-order valence-electron chi connectivity index (χ0n) is 13.5. The lowest BCUT2D eigenvalue weighted by Gasteiger charge is -2.15. The number of benzene rings is 2. The average molecular weight is 366 g/mol. The first kappa shape index (κ1) is 18.2. The molecule has 0 bridgehead atoms. The fourth-order valence-corrected chi connectivity index (χ4v) is 3.25. The van der Waals surface area contributed by atoms with Crippen molar-refractivity contribution < 1.29 is 4.92 Å². The van der Waals surface area contributed by atoms with Crippen LogP contribution < -0.4 is 5.43 Å². The number of non-ortho nitro benzene ring substituents is 1. The van der Waals surface area contributed by atoms with E-state index in [0.29, 0.717) is 5.69 Å². The van der Waals surface area contributed by atoms with Gasteiger partial charge in [-0.2, -0.15) is 5.10 Å². The summed E-state index contributed by atoms with van der Waals surface area (Å²) in [4.78, 5) is 9.60. The number of nitro benzene ring substituents is 1. The first-order valence-electron chi connectivity index (χ1n) is 7.23. The lowest BCUT2D eigenvalue weighted by molar-refractivity contribution is -0.384. The number of rotatable bonds is 5. The first-order valence-corrected chi connectivity index (χ1v) is 8.11. The van der Waals surface area contributed by atoms with Crippen LogP contribution in [0.2, 0.25) is 0 Å². The van der Waals surface area contributed by atoms with Gasteiger partial charge in [0.05, 0.1) is 16.8 Å². The summed E-state index contributed by atoms with van der Waals surface area (Å²) >= 11 is 12.1. The van der Waals surface area contributed by atoms with Crippen LogP contribution in [0.3, 0.4) is 0 Å². The monoisotopic (exact) mass is 365 g/mol. The highest BCUT2D eigenvalue weighted by atomic mass is 35.5. The molecular formula is C17H17Cl2N3O2. The molecule has 0 aliphatic rings. The summed E-state index contributed by atoms with van der Waals surface area (Å²) in [6.45, 7) is 5.93. The van der Waals surface area contributed by atoms with Crippen LogP contribution in [0.15, 0.2) is 35.4 Å². The topological polar surface area (TPSA) is 67.5 Å². The van der Waals surface area contributed by atoms with Gasteiger partial charge in [-0.1, -0.05) is 6.07 Å². The molecule has 0 aromatic heterocycles. The van der Waals surface area contributed by atoms with E-state index in [9.17, 15) is 10.1 Å². The standard InChI is InChI=1S/C17H17Cl2N3O2/c1-10-8-11(2)16(17(18)19)12(3)15(10)9-20-21-13-4-6-14(7-5-13)22(23)24/h4-9,17,21H,1-3H3. The number of nitrogens with zero attached hydrogens (tertiary/aromatic N) is 2. The third-order valence-electron chi connectivity index (χ3n) is 3.77. The molecule has 2 aromatic rings. The van der Waals surface area contributed by atoms with Gasteiger partial charge in [0.15, 0.2) is 0 Å². The van der Waals surface area contributed by atoms with Crippen LogP contribution in [-0.2, 0) is 0 Å². The predicted molar refractivity (Wildman–Crippen MR) is 99.4 cm³/mol. The van der Waals surface area contributed by atoms with Gasteiger partial charge in [-0.15, -0.1) is 23.2 Å². The summed E-state index contributed by atoms with van der Waals surface area (Å²) in [5.41, 5.74) is 8.48. The van der Waals surface area contributed by atoms with E-state index < -0.39 is 9.76 Å². The minimum atomic E-state index is -0.597. The largest absolute Gasteiger partial charge is 0.278 e. The van der Waals surface area contributed by atoms with Crippen LogP contribution in [0.25, 0.3) is 0 Å². The maximum Gasteiger partial charge on any atom is 0.269 e. The Morgan fingerprint density at radius 1 is 1.17 bits per heavy atom. The van der Waals surface area contributed by atoms with Crippen LogP contribution in [0, 0.1) is 30.9 Å². The minimum absolute atomic E-state index is 0.0367. The molecule has 0 spiro atoms. The minimum Gasteiger partial charge on any atom is -0.278 e. The summed E-state index contributed by atoms with van der Waals surface area (Å²) in [5.74, 6) is 0. The maximum atomic E-state index is 10.6. The van der Waals surface area contributed by atoms with Crippen LogP contribution in [0.1, 0.15) is 32.7 Å². The number of hydrazone groups is 1. The molecular weight excluding hydrogens is 349 g/mol. The maximum absolute atomic E-state index is 10.6. The van der Waals surface area contributed by atoms with Gasteiger partial charge >= 0.3 is 0 Å². The SMILES string of the molecule is Cc1cc(C)c(C(Cl)Cl)c(C)c1C=NNc1ccc([N+](=O)[O-])cc1. The van der Waals surface area contributed by atoms with Crippen molar-refractivity contribution in [1.29, 1.82) is 0 Å². The van der Waals surface area contributed by atoms with Crippen molar-refractivity contribution in [2.75, 3.05) is 5.43 Å². The van der Waals surface area contributed by atoms with Gasteiger partial charge in [0.25, 0.3) is 5.69 Å². The van der Waals surface area contributed by atoms with Crippen LogP contribution in [0.5, 0.6) is 0 Å². The van der Waals surface area contributed by atoms with Gasteiger partial charge in [0, 0.05) is 17.7 Å². The Kier molecular flexibility index (Phi) is 5.80. The molecule has 0 heterocycles. The fraction of sp³-hybridized carbons (Fsp3) is 0.235. The molecule has 0 saturated carbocycles. The van der Waals surface area contributed by atoms with Crippen molar-refractivity contribution in [3.05, 3.63) is 68.3 Å². The highest BCUT2D eigenvalue weighted by Gasteiger charge is 2.15. The van der Waals surface area contributed by atoms with E-state index in [1.165, 1.54) is 12.1 Å². The Morgan fingerprint density at radius 2 is 1.79 bits per heavy atom. The lowest BCUT2D eigenvalue weighted by atomic mass is 9.95. The highest BCUT2D eigenvalue weighted by Crippen LogP contribution is 2.33. The number of hydrogen-bond donors (Lipinski definition) is 1. The molecule has 5 nitrogen and oxygen atoms in total. The lowest BCUT2D eigenvalue weighted by Crippen LogP contribution is -2.02. The molecule has 1 N–H and O–H groups in total. The van der Waals surface area contributed by atoms with Crippen LogP contribution in [-0.4, -0.2) is 11.1 Å². The molecule has 0 aliphatic heterocycles. The fourth-order valence-electron chi connectivity index (χ4n) is 2.58. The van der Waals surface area contributed by atoms with Crippen LogP contribution in [0.4, 0.5) is 11.4 Å². The number of alkyl halides is 2. The zero-order valence-corrected chi connectivity index (χ0v) is 15.0. The smallest absolute Gasteiger partial charge is 0.269 e. The van der Waals surface area contributed by atoms with Gasteiger partial charge in [-0.25, -0.2) is 0 Å². The van der Waals surface area contributed by atoms with Crippen molar-refractivity contribution in [1.82, 2.24) is 0 Å². The summed E-state index contributed by atoms with van der Waals surface area (Å²) < 4.78 is 0. The Hall–Kier alpha value is -2.11. The molecule has 2 aromatic carbocycles. The second-order valence-electron chi connectivity index (χ2n) is 5.44. The Morgan fingerprint density at radius 3 is 2.33 bits per heavy atom. The molecule has 0 radical (unpaired) electrons. The Bertz CT molecular complexity index is 787. The van der Waals surface area contributed by atoms with Crippen molar-refractivity contribution in [2.24, 2.45) is 5.10 Å². The zero-order chi connectivity index (χ0) is 17.9. The van der Waals surface area contributed by atoms with Crippen molar-refractivity contribution >= 4 is 40.8 Å². The second kappa shape index (κ2) is 7.64. The summed E-state index contributed by atoms with van der Waals surface area (Å²) in [7, 11) is 0. The van der Waals surface area contributed by atoms with Crippen molar-refractivity contribution in [3.63, 3.8) is 0 Å². The van der Waals surface area contributed by atoms with Gasteiger partial charge in [-0.3, -0.25) is 15.5 Å². The normalized spacial score (nSPS) is 11.2. The molecule has 7 heteroatoms.